The molecule has 0 unspecified atom stereocenters. The van der Waals surface area contributed by atoms with Crippen LogP contribution in [0, 0.1) is 0 Å². The van der Waals surface area contributed by atoms with Gasteiger partial charge in [0.2, 0.25) is 0 Å². The average molecular weight is 283 g/mol. The molecule has 106 valence electrons. The van der Waals surface area contributed by atoms with E-state index >= 15 is 0 Å². The fourth-order valence-electron chi connectivity index (χ4n) is 2.44. The Morgan fingerprint density at radius 2 is 1.89 bits per heavy atom. The van der Waals surface area contributed by atoms with Gasteiger partial charge >= 0.3 is 0 Å². The normalized spacial score (nSPS) is 18.5. The summed E-state index contributed by atoms with van der Waals surface area (Å²) in [7, 11) is 0. The molecule has 0 bridgehead atoms. The number of hydrogen-bond donors (Lipinski definition) is 1. The minimum atomic E-state index is 0.240. The molecule has 0 saturated carbocycles. The predicted molar refractivity (Wildman–Crippen MR) is 80.8 cm³/mol. The Labute approximate surface area is 120 Å². The summed E-state index contributed by atoms with van der Waals surface area (Å²) in [6.45, 7) is 8.91. The van der Waals surface area contributed by atoms with E-state index in [-0.39, 0.29) is 11.6 Å². The molecule has 1 aromatic rings. The zero-order valence-electron chi connectivity index (χ0n) is 11.9. The van der Waals surface area contributed by atoms with E-state index in [4.69, 9.17) is 22.1 Å². The Morgan fingerprint density at radius 1 is 1.26 bits per heavy atom. The lowest BCUT2D eigenvalue weighted by Crippen LogP contribution is -2.48. The summed E-state index contributed by atoms with van der Waals surface area (Å²) >= 11 is 6.13. The molecule has 0 atom stereocenters. The van der Waals surface area contributed by atoms with E-state index in [1.165, 1.54) is 0 Å². The third-order valence-corrected chi connectivity index (χ3v) is 3.94. The number of piperidine rings is 1. The van der Waals surface area contributed by atoms with E-state index in [1.807, 2.05) is 12.1 Å². The number of halogens is 1. The van der Waals surface area contributed by atoms with Gasteiger partial charge in [-0.3, -0.25) is 4.90 Å². The average Bonchev–Trinajstić information content (AvgIpc) is 2.32. The molecule has 2 N–H and O–H groups in total. The Kier molecular flexibility index (Phi) is 4.26. The highest BCUT2D eigenvalue weighted by Gasteiger charge is 2.27. The number of hydrogen-bond acceptors (Lipinski definition) is 3. The van der Waals surface area contributed by atoms with Crippen molar-refractivity contribution in [2.75, 3.05) is 18.8 Å². The molecule has 0 aliphatic carbocycles. The maximum atomic E-state index is 6.13. The minimum absolute atomic E-state index is 0.240. The molecule has 2 rings (SSSR count). The number of likely N-dealkylation sites (tertiary alicyclic amines) is 1. The Morgan fingerprint density at radius 3 is 2.42 bits per heavy atom. The molecular weight excluding hydrogens is 260 g/mol. The zero-order chi connectivity index (χ0) is 14.0. The Hall–Kier alpha value is -0.930. The first-order valence-electron chi connectivity index (χ1n) is 6.83. The Balaban J connectivity index is 1.92. The summed E-state index contributed by atoms with van der Waals surface area (Å²) in [4.78, 5) is 2.50. The zero-order valence-corrected chi connectivity index (χ0v) is 12.7. The van der Waals surface area contributed by atoms with Crippen molar-refractivity contribution in [3.8, 4) is 5.75 Å². The molecule has 1 heterocycles. The lowest BCUT2D eigenvalue weighted by atomic mass is 9.99. The third kappa shape index (κ3) is 3.77. The van der Waals surface area contributed by atoms with Crippen molar-refractivity contribution in [1.82, 2.24) is 4.90 Å². The molecule has 0 aromatic heterocycles. The second-order valence-electron chi connectivity index (χ2n) is 6.16. The summed E-state index contributed by atoms with van der Waals surface area (Å²) in [5, 5.41) is 0.596. The van der Waals surface area contributed by atoms with Gasteiger partial charge in [-0.15, -0.1) is 0 Å². The molecule has 1 aromatic carbocycles. The number of anilines is 1. The molecular formula is C15H23ClN2O. The van der Waals surface area contributed by atoms with E-state index in [9.17, 15) is 0 Å². The van der Waals surface area contributed by atoms with Crippen molar-refractivity contribution in [2.24, 2.45) is 0 Å². The van der Waals surface area contributed by atoms with E-state index in [1.54, 1.807) is 6.07 Å². The number of ether oxygens (including phenoxy) is 1. The second kappa shape index (κ2) is 5.59. The smallest absolute Gasteiger partial charge is 0.138 e. The van der Waals surface area contributed by atoms with E-state index in [0.717, 1.165) is 31.7 Å². The fraction of sp³-hybridized carbons (Fsp3) is 0.600. The lowest BCUT2D eigenvalue weighted by Gasteiger charge is -2.40. The van der Waals surface area contributed by atoms with Crippen LogP contribution in [0.25, 0.3) is 0 Å². The molecule has 1 fully saturated rings. The van der Waals surface area contributed by atoms with Gasteiger partial charge in [0.25, 0.3) is 0 Å². The molecule has 0 spiro atoms. The van der Waals surface area contributed by atoms with Crippen LogP contribution in [0.4, 0.5) is 5.69 Å². The van der Waals surface area contributed by atoms with Gasteiger partial charge in [-0.05, 0) is 51.8 Å². The van der Waals surface area contributed by atoms with Crippen LogP contribution in [0.1, 0.15) is 33.6 Å². The number of nitrogen functional groups attached to an aromatic ring is 1. The van der Waals surface area contributed by atoms with Crippen LogP contribution in [0.2, 0.25) is 5.02 Å². The van der Waals surface area contributed by atoms with Crippen LogP contribution >= 0.6 is 11.6 Å². The third-order valence-electron chi connectivity index (χ3n) is 3.64. The molecule has 1 aliphatic heterocycles. The molecule has 1 aliphatic rings. The van der Waals surface area contributed by atoms with Crippen LogP contribution in [-0.4, -0.2) is 29.6 Å². The van der Waals surface area contributed by atoms with Crippen molar-refractivity contribution in [3.63, 3.8) is 0 Å². The first-order chi connectivity index (χ1) is 8.86. The van der Waals surface area contributed by atoms with Gasteiger partial charge in [-0.2, -0.15) is 0 Å². The van der Waals surface area contributed by atoms with Gasteiger partial charge < -0.3 is 10.5 Å². The fourth-order valence-corrected chi connectivity index (χ4v) is 2.67. The second-order valence-corrected chi connectivity index (χ2v) is 6.57. The molecule has 4 heteroatoms. The number of nitrogens with two attached hydrogens (primary N) is 1. The monoisotopic (exact) mass is 282 g/mol. The van der Waals surface area contributed by atoms with Crippen LogP contribution in [0.3, 0.4) is 0 Å². The summed E-state index contributed by atoms with van der Waals surface area (Å²) in [6.07, 6.45) is 2.33. The minimum Gasteiger partial charge on any atom is -0.489 e. The van der Waals surface area contributed by atoms with Crippen molar-refractivity contribution in [2.45, 2.75) is 45.3 Å². The number of rotatable bonds is 2. The highest BCUT2D eigenvalue weighted by atomic mass is 35.5. The topological polar surface area (TPSA) is 38.5 Å². The summed E-state index contributed by atoms with van der Waals surface area (Å²) in [5.74, 6) is 0.741. The van der Waals surface area contributed by atoms with Gasteiger partial charge in [0.05, 0.1) is 5.02 Å². The first-order valence-corrected chi connectivity index (χ1v) is 7.21. The Bertz CT molecular complexity index is 434. The molecule has 19 heavy (non-hydrogen) atoms. The van der Waals surface area contributed by atoms with Crippen LogP contribution < -0.4 is 10.5 Å². The maximum Gasteiger partial charge on any atom is 0.138 e. The maximum absolute atomic E-state index is 6.13. The summed E-state index contributed by atoms with van der Waals surface area (Å²) in [5.41, 5.74) is 6.59. The number of nitrogens with zero attached hydrogens (tertiary/aromatic N) is 1. The van der Waals surface area contributed by atoms with Crippen molar-refractivity contribution < 1.29 is 4.74 Å². The molecule has 0 radical (unpaired) electrons. The lowest BCUT2D eigenvalue weighted by molar-refractivity contribution is 0.0492. The summed E-state index contributed by atoms with van der Waals surface area (Å²) in [6, 6.07) is 5.42. The highest BCUT2D eigenvalue weighted by molar-refractivity contribution is 6.32. The van der Waals surface area contributed by atoms with Gasteiger partial charge in [0.1, 0.15) is 11.9 Å². The van der Waals surface area contributed by atoms with Crippen LogP contribution in [-0.2, 0) is 0 Å². The van der Waals surface area contributed by atoms with Crippen molar-refractivity contribution >= 4 is 17.3 Å². The SMILES string of the molecule is CC(C)(C)N1CCC(Oc2ccc(N)cc2Cl)CC1. The van der Waals surface area contributed by atoms with Gasteiger partial charge in [-0.1, -0.05) is 11.6 Å². The standard InChI is InChI=1S/C15H23ClN2O/c1-15(2,3)18-8-6-12(7-9-18)19-14-5-4-11(17)10-13(14)16/h4-5,10,12H,6-9,17H2,1-3H3. The number of benzene rings is 1. The van der Waals surface area contributed by atoms with Gasteiger partial charge in [-0.25, -0.2) is 0 Å². The van der Waals surface area contributed by atoms with Crippen molar-refractivity contribution in [3.05, 3.63) is 23.2 Å². The van der Waals surface area contributed by atoms with Crippen molar-refractivity contribution in [1.29, 1.82) is 0 Å². The highest BCUT2D eigenvalue weighted by Crippen LogP contribution is 2.30. The first kappa shape index (κ1) is 14.5. The predicted octanol–water partition coefficient (Wildman–Crippen LogP) is 3.56. The summed E-state index contributed by atoms with van der Waals surface area (Å²) < 4.78 is 5.99. The van der Waals surface area contributed by atoms with Gasteiger partial charge in [0.15, 0.2) is 0 Å². The molecule has 1 saturated heterocycles. The van der Waals surface area contributed by atoms with E-state index < -0.39 is 0 Å². The van der Waals surface area contributed by atoms with Crippen LogP contribution in [0.5, 0.6) is 5.75 Å². The quantitative estimate of drug-likeness (QED) is 0.843. The largest absolute Gasteiger partial charge is 0.489 e. The van der Waals surface area contributed by atoms with E-state index in [2.05, 4.69) is 25.7 Å². The molecule has 3 nitrogen and oxygen atoms in total. The molecule has 0 amide bonds. The van der Waals surface area contributed by atoms with Crippen LogP contribution in [0.15, 0.2) is 18.2 Å². The van der Waals surface area contributed by atoms with E-state index in [0.29, 0.717) is 10.7 Å². The van der Waals surface area contributed by atoms with Gasteiger partial charge in [0, 0.05) is 24.3 Å².